The Hall–Kier alpha value is -1.88. The molecular weight excluding hydrogens is 268 g/mol. The van der Waals surface area contributed by atoms with Crippen molar-refractivity contribution in [3.8, 4) is 0 Å². The van der Waals surface area contributed by atoms with Gasteiger partial charge in [0.15, 0.2) is 6.04 Å². The molecule has 0 radical (unpaired) electrons. The van der Waals surface area contributed by atoms with E-state index in [1.165, 1.54) is 12.8 Å². The van der Waals surface area contributed by atoms with Gasteiger partial charge in [-0.15, -0.1) is 0 Å². The van der Waals surface area contributed by atoms with Gasteiger partial charge in [-0.25, -0.2) is 4.79 Å². The van der Waals surface area contributed by atoms with Gasteiger partial charge in [-0.05, 0) is 36.8 Å². The number of carboxylic acids is 1. The van der Waals surface area contributed by atoms with Crippen LogP contribution in [0.15, 0.2) is 30.3 Å². The highest BCUT2D eigenvalue weighted by atomic mass is 16.4. The second kappa shape index (κ2) is 5.85. The standard InChI is InChI=1S/C16H20N2O3/c19-15(14-12-8-4-7-11(12)9-17-14)18-13(16(20)21)10-5-2-1-3-6-10/h1-3,5-6,11-14,17H,4,7-9H2,(H,18,19)(H,20,21)/t11?,12?,13-,14?/m1/s1. The quantitative estimate of drug-likeness (QED) is 0.780. The van der Waals surface area contributed by atoms with Gasteiger partial charge in [-0.2, -0.15) is 0 Å². The van der Waals surface area contributed by atoms with Crippen LogP contribution in [0.3, 0.4) is 0 Å². The zero-order valence-corrected chi connectivity index (χ0v) is 11.8. The van der Waals surface area contributed by atoms with Crippen molar-refractivity contribution >= 4 is 11.9 Å². The van der Waals surface area contributed by atoms with Crippen LogP contribution in [0.25, 0.3) is 0 Å². The summed E-state index contributed by atoms with van der Waals surface area (Å²) < 4.78 is 0. The fraction of sp³-hybridized carbons (Fsp3) is 0.500. The summed E-state index contributed by atoms with van der Waals surface area (Å²) in [6, 6.07) is 7.59. The molecule has 1 aliphatic heterocycles. The van der Waals surface area contributed by atoms with Gasteiger partial charge in [-0.3, -0.25) is 4.79 Å². The monoisotopic (exact) mass is 288 g/mol. The number of fused-ring (bicyclic) bond motifs is 1. The Balaban J connectivity index is 1.71. The predicted molar refractivity (Wildman–Crippen MR) is 77.6 cm³/mol. The van der Waals surface area contributed by atoms with Crippen molar-refractivity contribution in [2.45, 2.75) is 31.3 Å². The number of rotatable bonds is 4. The molecule has 2 aliphatic rings. The van der Waals surface area contributed by atoms with Crippen molar-refractivity contribution in [3.05, 3.63) is 35.9 Å². The van der Waals surface area contributed by atoms with Crippen LogP contribution >= 0.6 is 0 Å². The molecule has 0 spiro atoms. The molecule has 1 heterocycles. The number of amides is 1. The fourth-order valence-electron chi connectivity index (χ4n) is 3.64. The Morgan fingerprint density at radius 2 is 2.00 bits per heavy atom. The molecule has 2 fully saturated rings. The maximum Gasteiger partial charge on any atom is 0.330 e. The van der Waals surface area contributed by atoms with E-state index in [1.54, 1.807) is 24.3 Å². The normalized spacial score (nSPS) is 28.9. The SMILES string of the molecule is O=C(N[C@@H](C(=O)O)c1ccccc1)C1NCC2CCCC21. The average molecular weight is 288 g/mol. The Bertz CT molecular complexity index is 532. The lowest BCUT2D eigenvalue weighted by atomic mass is 9.93. The topological polar surface area (TPSA) is 78.4 Å². The van der Waals surface area contributed by atoms with E-state index < -0.39 is 12.0 Å². The van der Waals surface area contributed by atoms with Crippen molar-refractivity contribution in [3.63, 3.8) is 0 Å². The Morgan fingerprint density at radius 3 is 2.71 bits per heavy atom. The summed E-state index contributed by atoms with van der Waals surface area (Å²) >= 11 is 0. The molecule has 4 atom stereocenters. The van der Waals surface area contributed by atoms with Crippen LogP contribution in [0.4, 0.5) is 0 Å². The van der Waals surface area contributed by atoms with Gasteiger partial charge in [-0.1, -0.05) is 36.8 Å². The second-order valence-corrected chi connectivity index (χ2v) is 5.93. The van der Waals surface area contributed by atoms with E-state index >= 15 is 0 Å². The molecule has 5 nitrogen and oxygen atoms in total. The van der Waals surface area contributed by atoms with Gasteiger partial charge >= 0.3 is 5.97 Å². The van der Waals surface area contributed by atoms with Crippen LogP contribution in [0, 0.1) is 11.8 Å². The largest absolute Gasteiger partial charge is 0.479 e. The van der Waals surface area contributed by atoms with Crippen molar-refractivity contribution in [2.75, 3.05) is 6.54 Å². The summed E-state index contributed by atoms with van der Waals surface area (Å²) in [5, 5.41) is 15.3. The molecule has 112 valence electrons. The van der Waals surface area contributed by atoms with Crippen LogP contribution in [0.2, 0.25) is 0 Å². The molecule has 0 bridgehead atoms. The summed E-state index contributed by atoms with van der Waals surface area (Å²) in [5.74, 6) is -0.299. The molecule has 1 aliphatic carbocycles. The van der Waals surface area contributed by atoms with E-state index in [4.69, 9.17) is 0 Å². The highest BCUT2D eigenvalue weighted by Crippen LogP contribution is 2.37. The number of nitrogens with one attached hydrogen (secondary N) is 2. The van der Waals surface area contributed by atoms with E-state index in [9.17, 15) is 14.7 Å². The van der Waals surface area contributed by atoms with Gasteiger partial charge in [0, 0.05) is 0 Å². The van der Waals surface area contributed by atoms with E-state index in [1.807, 2.05) is 6.07 Å². The van der Waals surface area contributed by atoms with Crippen LogP contribution in [-0.4, -0.2) is 29.6 Å². The number of benzene rings is 1. The second-order valence-electron chi connectivity index (χ2n) is 5.93. The van der Waals surface area contributed by atoms with Crippen molar-refractivity contribution in [2.24, 2.45) is 11.8 Å². The van der Waals surface area contributed by atoms with Crippen molar-refractivity contribution in [1.29, 1.82) is 0 Å². The number of hydrogen-bond donors (Lipinski definition) is 3. The van der Waals surface area contributed by atoms with Crippen LogP contribution in [0.5, 0.6) is 0 Å². The molecule has 1 aromatic rings. The summed E-state index contributed by atoms with van der Waals surface area (Å²) in [6.45, 7) is 0.867. The number of carbonyl (C=O) groups is 2. The van der Waals surface area contributed by atoms with Crippen molar-refractivity contribution in [1.82, 2.24) is 10.6 Å². The molecule has 1 amide bonds. The van der Waals surface area contributed by atoms with Crippen LogP contribution < -0.4 is 10.6 Å². The minimum absolute atomic E-state index is 0.194. The molecule has 5 heteroatoms. The van der Waals surface area contributed by atoms with Gasteiger partial charge in [0.1, 0.15) is 0 Å². The lowest BCUT2D eigenvalue weighted by Gasteiger charge is -2.21. The maximum absolute atomic E-state index is 12.4. The maximum atomic E-state index is 12.4. The van der Waals surface area contributed by atoms with E-state index in [0.29, 0.717) is 17.4 Å². The van der Waals surface area contributed by atoms with E-state index in [2.05, 4.69) is 10.6 Å². The third kappa shape index (κ3) is 2.78. The predicted octanol–water partition coefficient (Wildman–Crippen LogP) is 1.32. The van der Waals surface area contributed by atoms with Crippen LogP contribution in [0.1, 0.15) is 30.9 Å². The van der Waals surface area contributed by atoms with Crippen LogP contribution in [-0.2, 0) is 9.59 Å². The van der Waals surface area contributed by atoms with Gasteiger partial charge < -0.3 is 15.7 Å². The lowest BCUT2D eigenvalue weighted by Crippen LogP contribution is -2.46. The molecule has 3 N–H and O–H groups in total. The van der Waals surface area contributed by atoms with E-state index in [0.717, 1.165) is 13.0 Å². The molecule has 21 heavy (non-hydrogen) atoms. The molecule has 1 aromatic carbocycles. The first-order valence-electron chi connectivity index (χ1n) is 7.48. The zero-order valence-electron chi connectivity index (χ0n) is 11.8. The molecule has 0 aromatic heterocycles. The third-order valence-corrected chi connectivity index (χ3v) is 4.69. The summed E-state index contributed by atoms with van der Waals surface area (Å²) in [4.78, 5) is 23.9. The summed E-state index contributed by atoms with van der Waals surface area (Å²) in [6.07, 6.45) is 3.39. The van der Waals surface area contributed by atoms with E-state index in [-0.39, 0.29) is 11.9 Å². The Labute approximate surface area is 123 Å². The number of hydrogen-bond acceptors (Lipinski definition) is 3. The summed E-state index contributed by atoms with van der Waals surface area (Å²) in [5.41, 5.74) is 0.597. The number of aliphatic carboxylic acids is 1. The fourth-order valence-corrected chi connectivity index (χ4v) is 3.64. The first-order chi connectivity index (χ1) is 10.2. The highest BCUT2D eigenvalue weighted by molar-refractivity contribution is 5.88. The van der Waals surface area contributed by atoms with Gasteiger partial charge in [0.25, 0.3) is 0 Å². The minimum Gasteiger partial charge on any atom is -0.479 e. The number of carbonyl (C=O) groups excluding carboxylic acids is 1. The first-order valence-corrected chi connectivity index (χ1v) is 7.48. The Morgan fingerprint density at radius 1 is 1.24 bits per heavy atom. The first kappa shape index (κ1) is 14.1. The summed E-state index contributed by atoms with van der Waals surface area (Å²) in [7, 11) is 0. The minimum atomic E-state index is -1.03. The molecule has 1 saturated carbocycles. The smallest absolute Gasteiger partial charge is 0.330 e. The lowest BCUT2D eigenvalue weighted by molar-refractivity contribution is -0.142. The average Bonchev–Trinajstić information content (AvgIpc) is 3.07. The molecule has 3 rings (SSSR count). The molecule has 3 unspecified atom stereocenters. The number of carboxylic acid groups (broad SMARTS) is 1. The Kier molecular flexibility index (Phi) is 3.92. The van der Waals surface area contributed by atoms with Gasteiger partial charge in [0.05, 0.1) is 6.04 Å². The van der Waals surface area contributed by atoms with Crippen molar-refractivity contribution < 1.29 is 14.7 Å². The molecule has 1 saturated heterocycles. The molecular formula is C16H20N2O3. The third-order valence-electron chi connectivity index (χ3n) is 4.69. The highest BCUT2D eigenvalue weighted by Gasteiger charge is 2.43. The zero-order chi connectivity index (χ0) is 14.8. The van der Waals surface area contributed by atoms with Gasteiger partial charge in [0.2, 0.25) is 5.91 Å².